The molecule has 0 bridgehead atoms. The van der Waals surface area contributed by atoms with E-state index in [0.717, 1.165) is 30.6 Å². The lowest BCUT2D eigenvalue weighted by atomic mass is 10.2. The Morgan fingerprint density at radius 3 is 2.48 bits per heavy atom. The molecule has 7 heteroatoms. The van der Waals surface area contributed by atoms with Gasteiger partial charge in [0.25, 0.3) is 5.91 Å². The molecule has 1 amide bonds. The molecule has 0 radical (unpaired) electrons. The number of carbonyl (C=O) groups excluding carboxylic acids is 1. The lowest BCUT2D eigenvalue weighted by Crippen LogP contribution is -2.37. The van der Waals surface area contributed by atoms with Gasteiger partial charge in [-0.3, -0.25) is 4.79 Å². The summed E-state index contributed by atoms with van der Waals surface area (Å²) in [6.07, 6.45) is 2.80. The zero-order valence-electron chi connectivity index (χ0n) is 16.9. The summed E-state index contributed by atoms with van der Waals surface area (Å²) in [5.74, 6) is 0.423. The fourth-order valence-electron chi connectivity index (χ4n) is 3.26. The number of hydrogen-bond acceptors (Lipinski definition) is 4. The van der Waals surface area contributed by atoms with Crippen molar-refractivity contribution in [3.8, 4) is 5.75 Å². The number of rotatable bonds is 7. The van der Waals surface area contributed by atoms with E-state index >= 15 is 0 Å². The number of nitrogens with zero attached hydrogens (tertiary/aromatic N) is 1. The molecule has 3 rings (SSSR count). The van der Waals surface area contributed by atoms with E-state index in [0.29, 0.717) is 25.3 Å². The van der Waals surface area contributed by atoms with Crippen molar-refractivity contribution >= 4 is 15.9 Å². The molecule has 2 aromatic rings. The van der Waals surface area contributed by atoms with Crippen LogP contribution in [0.1, 0.15) is 42.1 Å². The minimum Gasteiger partial charge on any atom is -0.491 e. The molecule has 0 aliphatic carbocycles. The van der Waals surface area contributed by atoms with Gasteiger partial charge in [0.1, 0.15) is 12.4 Å². The molecule has 1 heterocycles. The molecular weight excluding hydrogens is 388 g/mol. The summed E-state index contributed by atoms with van der Waals surface area (Å²) >= 11 is 0. The zero-order chi connectivity index (χ0) is 20.9. The highest BCUT2D eigenvalue weighted by atomic mass is 32.2. The summed E-state index contributed by atoms with van der Waals surface area (Å²) in [6, 6.07) is 13.7. The van der Waals surface area contributed by atoms with Gasteiger partial charge in [0, 0.05) is 18.7 Å². The molecule has 2 aromatic carbocycles. The van der Waals surface area contributed by atoms with Crippen molar-refractivity contribution in [2.75, 3.05) is 19.7 Å². The van der Waals surface area contributed by atoms with E-state index in [4.69, 9.17) is 4.74 Å². The summed E-state index contributed by atoms with van der Waals surface area (Å²) in [5, 5.41) is 2.86. The number of ether oxygens (including phenoxy) is 1. The third-order valence-electron chi connectivity index (χ3n) is 4.95. The molecule has 0 saturated carbocycles. The van der Waals surface area contributed by atoms with Crippen LogP contribution < -0.4 is 10.1 Å². The van der Waals surface area contributed by atoms with E-state index in [1.165, 1.54) is 10.4 Å². The van der Waals surface area contributed by atoms with E-state index in [1.807, 2.05) is 38.1 Å². The number of piperidine rings is 1. The lowest BCUT2D eigenvalue weighted by Gasteiger charge is -2.26. The maximum absolute atomic E-state index is 12.8. The van der Waals surface area contributed by atoms with Crippen LogP contribution in [0.3, 0.4) is 0 Å². The molecule has 1 saturated heterocycles. The SMILES string of the molecule is Cc1ccc(OC[C@H](C)NC(=O)c2cccc(S(=O)(=O)N3CCCCC3)c2)cc1. The Bertz CT molecular complexity index is 936. The second-order valence-electron chi connectivity index (χ2n) is 7.49. The zero-order valence-corrected chi connectivity index (χ0v) is 17.7. The van der Waals surface area contributed by atoms with Gasteiger partial charge < -0.3 is 10.1 Å². The molecule has 156 valence electrons. The first-order valence-electron chi connectivity index (χ1n) is 9.97. The Morgan fingerprint density at radius 1 is 1.10 bits per heavy atom. The molecule has 6 nitrogen and oxygen atoms in total. The van der Waals surface area contributed by atoms with Crippen molar-refractivity contribution in [1.82, 2.24) is 9.62 Å². The van der Waals surface area contributed by atoms with Crippen molar-refractivity contribution in [3.05, 3.63) is 59.7 Å². The van der Waals surface area contributed by atoms with Crippen LogP contribution in [0.4, 0.5) is 0 Å². The second kappa shape index (κ2) is 9.41. The molecule has 1 N–H and O–H groups in total. The Balaban J connectivity index is 1.62. The van der Waals surface area contributed by atoms with Crippen molar-refractivity contribution in [2.45, 2.75) is 44.0 Å². The van der Waals surface area contributed by atoms with Gasteiger partial charge in [-0.2, -0.15) is 4.31 Å². The second-order valence-corrected chi connectivity index (χ2v) is 9.43. The number of amides is 1. The van der Waals surface area contributed by atoms with Crippen LogP contribution in [0.5, 0.6) is 5.75 Å². The molecule has 1 aliphatic rings. The van der Waals surface area contributed by atoms with Crippen LogP contribution >= 0.6 is 0 Å². The van der Waals surface area contributed by atoms with Crippen molar-refractivity contribution < 1.29 is 17.9 Å². The van der Waals surface area contributed by atoms with Crippen LogP contribution in [-0.2, 0) is 10.0 Å². The summed E-state index contributed by atoms with van der Waals surface area (Å²) in [6.45, 7) is 5.24. The van der Waals surface area contributed by atoms with Crippen LogP contribution in [0, 0.1) is 6.92 Å². The van der Waals surface area contributed by atoms with Gasteiger partial charge in [-0.05, 0) is 57.0 Å². The van der Waals surface area contributed by atoms with Crippen molar-refractivity contribution in [1.29, 1.82) is 0 Å². The monoisotopic (exact) mass is 416 g/mol. The topological polar surface area (TPSA) is 75.7 Å². The number of aryl methyl sites for hydroxylation is 1. The Hall–Kier alpha value is -2.38. The van der Waals surface area contributed by atoms with Crippen LogP contribution in [0.2, 0.25) is 0 Å². The highest BCUT2D eigenvalue weighted by molar-refractivity contribution is 7.89. The third kappa shape index (κ3) is 5.58. The molecule has 0 spiro atoms. The van der Waals surface area contributed by atoms with Crippen LogP contribution in [-0.4, -0.2) is 44.4 Å². The fraction of sp³-hybridized carbons (Fsp3) is 0.409. The largest absolute Gasteiger partial charge is 0.491 e. The molecule has 1 aliphatic heterocycles. The van der Waals surface area contributed by atoms with Gasteiger partial charge in [0.05, 0.1) is 10.9 Å². The van der Waals surface area contributed by atoms with Gasteiger partial charge in [0.15, 0.2) is 0 Å². The maximum Gasteiger partial charge on any atom is 0.251 e. The fourth-order valence-corrected chi connectivity index (χ4v) is 4.82. The first-order chi connectivity index (χ1) is 13.9. The predicted octanol–water partition coefficient (Wildman–Crippen LogP) is 3.37. The minimum atomic E-state index is -3.57. The first-order valence-corrected chi connectivity index (χ1v) is 11.4. The van der Waals surface area contributed by atoms with Crippen molar-refractivity contribution in [2.24, 2.45) is 0 Å². The number of sulfonamides is 1. The van der Waals surface area contributed by atoms with E-state index < -0.39 is 10.0 Å². The number of hydrogen-bond donors (Lipinski definition) is 1. The molecule has 0 aromatic heterocycles. The van der Waals surface area contributed by atoms with E-state index in [9.17, 15) is 13.2 Å². The molecule has 1 atom stereocenters. The summed E-state index contributed by atoms with van der Waals surface area (Å²) in [7, 11) is -3.57. The normalized spacial score (nSPS) is 16.2. The van der Waals surface area contributed by atoms with E-state index in [2.05, 4.69) is 5.32 Å². The third-order valence-corrected chi connectivity index (χ3v) is 6.84. The molecular formula is C22H28N2O4S. The average Bonchev–Trinajstić information content (AvgIpc) is 2.74. The highest BCUT2D eigenvalue weighted by Crippen LogP contribution is 2.21. The Labute approximate surface area is 172 Å². The van der Waals surface area contributed by atoms with Crippen LogP contribution in [0.25, 0.3) is 0 Å². The number of carbonyl (C=O) groups is 1. The lowest BCUT2D eigenvalue weighted by molar-refractivity contribution is 0.0926. The summed E-state index contributed by atoms with van der Waals surface area (Å²) in [4.78, 5) is 12.8. The smallest absolute Gasteiger partial charge is 0.251 e. The molecule has 0 unspecified atom stereocenters. The number of nitrogens with one attached hydrogen (secondary N) is 1. The maximum atomic E-state index is 12.8. The predicted molar refractivity (Wildman–Crippen MR) is 113 cm³/mol. The molecule has 29 heavy (non-hydrogen) atoms. The Morgan fingerprint density at radius 2 is 1.79 bits per heavy atom. The molecule has 1 fully saturated rings. The van der Waals surface area contributed by atoms with Gasteiger partial charge >= 0.3 is 0 Å². The number of benzene rings is 2. The van der Waals surface area contributed by atoms with Gasteiger partial charge in [0.2, 0.25) is 10.0 Å². The summed E-state index contributed by atoms with van der Waals surface area (Å²) in [5.41, 5.74) is 1.48. The van der Waals surface area contributed by atoms with Crippen molar-refractivity contribution in [3.63, 3.8) is 0 Å². The van der Waals surface area contributed by atoms with E-state index in [1.54, 1.807) is 18.2 Å². The Kier molecular flexibility index (Phi) is 6.92. The average molecular weight is 417 g/mol. The standard InChI is InChI=1S/C22H28N2O4S/c1-17-9-11-20(12-10-17)28-16-18(2)23-22(25)19-7-6-8-21(15-19)29(26,27)24-13-4-3-5-14-24/h6-12,15,18H,3-5,13-14,16H2,1-2H3,(H,23,25)/t18-/m0/s1. The minimum absolute atomic E-state index is 0.163. The van der Waals surface area contributed by atoms with E-state index in [-0.39, 0.29) is 16.8 Å². The summed E-state index contributed by atoms with van der Waals surface area (Å²) < 4.78 is 32.9. The first kappa shape index (κ1) is 21.3. The quantitative estimate of drug-likeness (QED) is 0.751. The van der Waals surface area contributed by atoms with Gasteiger partial charge in [-0.1, -0.05) is 30.2 Å². The van der Waals surface area contributed by atoms with Crippen LogP contribution in [0.15, 0.2) is 53.4 Å². The van der Waals surface area contributed by atoms with Gasteiger partial charge in [-0.25, -0.2) is 8.42 Å². The highest BCUT2D eigenvalue weighted by Gasteiger charge is 2.26. The van der Waals surface area contributed by atoms with Gasteiger partial charge in [-0.15, -0.1) is 0 Å².